The molecule has 0 aromatic heterocycles. The highest BCUT2D eigenvalue weighted by atomic mass is 16.5. The van der Waals surface area contributed by atoms with Crippen molar-refractivity contribution in [1.82, 2.24) is 5.32 Å². The second-order valence-corrected chi connectivity index (χ2v) is 2.76. The molecule has 0 bridgehead atoms. The molecule has 2 atom stereocenters. The highest BCUT2D eigenvalue weighted by Crippen LogP contribution is 1.95. The van der Waals surface area contributed by atoms with Gasteiger partial charge in [0.2, 0.25) is 0 Å². The van der Waals surface area contributed by atoms with Crippen molar-refractivity contribution in [2.24, 2.45) is 0 Å². The van der Waals surface area contributed by atoms with Gasteiger partial charge in [-0.1, -0.05) is 6.08 Å². The van der Waals surface area contributed by atoms with Crippen LogP contribution in [0.3, 0.4) is 0 Å². The van der Waals surface area contributed by atoms with Gasteiger partial charge in [0.15, 0.2) is 0 Å². The van der Waals surface area contributed by atoms with E-state index in [-0.39, 0.29) is 6.10 Å². The second kappa shape index (κ2) is 6.38. The van der Waals surface area contributed by atoms with Gasteiger partial charge in [-0.05, 0) is 26.8 Å². The van der Waals surface area contributed by atoms with Crippen LogP contribution in [-0.4, -0.2) is 25.8 Å². The van der Waals surface area contributed by atoms with Crippen molar-refractivity contribution < 1.29 is 4.74 Å². The fraction of sp³-hybridized carbons (Fsp3) is 0.778. The third-order valence-electron chi connectivity index (χ3n) is 1.89. The molecule has 0 rings (SSSR count). The molecular weight excluding hydrogens is 138 g/mol. The molecule has 0 radical (unpaired) electrons. The Morgan fingerprint density at radius 2 is 2.18 bits per heavy atom. The number of ether oxygens (including phenoxy) is 1. The van der Waals surface area contributed by atoms with E-state index in [9.17, 15) is 0 Å². The number of methoxy groups -OCH3 is 1. The summed E-state index contributed by atoms with van der Waals surface area (Å²) in [5.41, 5.74) is 0. The number of nitrogens with one attached hydrogen (secondary N) is 1. The molecule has 0 saturated carbocycles. The van der Waals surface area contributed by atoms with Gasteiger partial charge in [0.1, 0.15) is 0 Å². The topological polar surface area (TPSA) is 21.3 Å². The third kappa shape index (κ3) is 4.99. The molecule has 0 aliphatic heterocycles. The quantitative estimate of drug-likeness (QED) is 0.467. The summed E-state index contributed by atoms with van der Waals surface area (Å²) in [5, 5.41) is 3.34. The monoisotopic (exact) mass is 157 g/mol. The Morgan fingerprint density at radius 1 is 1.55 bits per heavy atom. The molecule has 2 nitrogen and oxygen atoms in total. The van der Waals surface area contributed by atoms with Crippen LogP contribution >= 0.6 is 0 Å². The SMILES string of the molecule is C=CCCNC(C)C(C)OC. The van der Waals surface area contributed by atoms with Crippen LogP contribution in [0, 0.1) is 0 Å². The largest absolute Gasteiger partial charge is 0.380 e. The number of rotatable bonds is 6. The lowest BCUT2D eigenvalue weighted by Crippen LogP contribution is -2.37. The minimum Gasteiger partial charge on any atom is -0.380 e. The maximum Gasteiger partial charge on any atom is 0.0693 e. The maximum atomic E-state index is 5.15. The summed E-state index contributed by atoms with van der Waals surface area (Å²) in [5.74, 6) is 0. The molecule has 11 heavy (non-hydrogen) atoms. The maximum absolute atomic E-state index is 5.15. The first-order valence-corrected chi connectivity index (χ1v) is 4.09. The molecule has 0 aromatic rings. The summed E-state index contributed by atoms with van der Waals surface area (Å²) in [6, 6.07) is 0.417. The van der Waals surface area contributed by atoms with E-state index in [1.165, 1.54) is 0 Å². The Bertz CT molecular complexity index is 104. The summed E-state index contributed by atoms with van der Waals surface area (Å²) < 4.78 is 5.15. The second-order valence-electron chi connectivity index (χ2n) is 2.76. The summed E-state index contributed by atoms with van der Waals surface area (Å²) >= 11 is 0. The molecule has 0 aliphatic carbocycles. The molecule has 0 aromatic carbocycles. The van der Waals surface area contributed by atoms with Gasteiger partial charge >= 0.3 is 0 Å². The van der Waals surface area contributed by atoms with Crippen molar-refractivity contribution >= 4 is 0 Å². The van der Waals surface area contributed by atoms with Crippen molar-refractivity contribution in [3.63, 3.8) is 0 Å². The molecule has 66 valence electrons. The molecule has 0 fully saturated rings. The Kier molecular flexibility index (Phi) is 6.18. The smallest absolute Gasteiger partial charge is 0.0693 e. The van der Waals surface area contributed by atoms with Crippen molar-refractivity contribution in [2.75, 3.05) is 13.7 Å². The normalized spacial score (nSPS) is 15.9. The third-order valence-corrected chi connectivity index (χ3v) is 1.89. The Morgan fingerprint density at radius 3 is 2.64 bits per heavy atom. The average molecular weight is 157 g/mol. The van der Waals surface area contributed by atoms with E-state index in [4.69, 9.17) is 4.74 Å². The highest BCUT2D eigenvalue weighted by Gasteiger charge is 2.08. The standard InChI is InChI=1S/C9H19NO/c1-5-6-7-10-8(2)9(3)11-4/h5,8-10H,1,6-7H2,2-4H3. The van der Waals surface area contributed by atoms with E-state index in [0.717, 1.165) is 13.0 Å². The van der Waals surface area contributed by atoms with Gasteiger partial charge in [0.05, 0.1) is 6.10 Å². The van der Waals surface area contributed by atoms with E-state index in [1.54, 1.807) is 7.11 Å². The van der Waals surface area contributed by atoms with Gasteiger partial charge in [-0.3, -0.25) is 0 Å². The van der Waals surface area contributed by atoms with E-state index in [2.05, 4.69) is 25.7 Å². The van der Waals surface area contributed by atoms with Gasteiger partial charge in [0, 0.05) is 13.2 Å². The molecule has 0 heterocycles. The Labute approximate surface area is 69.6 Å². The van der Waals surface area contributed by atoms with Crippen LogP contribution < -0.4 is 5.32 Å². The summed E-state index contributed by atoms with van der Waals surface area (Å²) in [7, 11) is 1.73. The number of hydrogen-bond donors (Lipinski definition) is 1. The molecule has 1 N–H and O–H groups in total. The Balaban J connectivity index is 3.34. The van der Waals surface area contributed by atoms with E-state index in [1.807, 2.05) is 6.08 Å². The lowest BCUT2D eigenvalue weighted by atomic mass is 10.2. The van der Waals surface area contributed by atoms with Gasteiger partial charge in [-0.15, -0.1) is 6.58 Å². The molecule has 2 heteroatoms. The fourth-order valence-electron chi connectivity index (χ4n) is 0.783. The first-order valence-electron chi connectivity index (χ1n) is 4.09. The first-order chi connectivity index (χ1) is 5.22. The van der Waals surface area contributed by atoms with Crippen LogP contribution in [0.4, 0.5) is 0 Å². The van der Waals surface area contributed by atoms with E-state index < -0.39 is 0 Å². The molecule has 0 spiro atoms. The average Bonchev–Trinajstić information content (AvgIpc) is 2.03. The lowest BCUT2D eigenvalue weighted by Gasteiger charge is -2.19. The van der Waals surface area contributed by atoms with Crippen LogP contribution in [-0.2, 0) is 4.74 Å². The van der Waals surface area contributed by atoms with E-state index in [0.29, 0.717) is 6.04 Å². The van der Waals surface area contributed by atoms with Gasteiger partial charge in [0.25, 0.3) is 0 Å². The van der Waals surface area contributed by atoms with Crippen molar-refractivity contribution in [2.45, 2.75) is 32.4 Å². The van der Waals surface area contributed by atoms with Gasteiger partial charge in [-0.25, -0.2) is 0 Å². The predicted molar refractivity (Wildman–Crippen MR) is 48.7 cm³/mol. The molecular formula is C9H19NO. The minimum atomic E-state index is 0.278. The Hall–Kier alpha value is -0.340. The summed E-state index contributed by atoms with van der Waals surface area (Å²) in [4.78, 5) is 0. The minimum absolute atomic E-state index is 0.278. The van der Waals surface area contributed by atoms with E-state index >= 15 is 0 Å². The van der Waals surface area contributed by atoms with Crippen LogP contribution in [0.25, 0.3) is 0 Å². The highest BCUT2D eigenvalue weighted by molar-refractivity contribution is 4.72. The van der Waals surface area contributed by atoms with Crippen LogP contribution in [0.5, 0.6) is 0 Å². The fourth-order valence-corrected chi connectivity index (χ4v) is 0.783. The van der Waals surface area contributed by atoms with Crippen molar-refractivity contribution in [3.8, 4) is 0 Å². The van der Waals surface area contributed by atoms with Crippen LogP contribution in [0.15, 0.2) is 12.7 Å². The summed E-state index contributed by atoms with van der Waals surface area (Å²) in [6.45, 7) is 8.82. The summed E-state index contributed by atoms with van der Waals surface area (Å²) in [6.07, 6.45) is 3.21. The zero-order valence-corrected chi connectivity index (χ0v) is 7.76. The predicted octanol–water partition coefficient (Wildman–Crippen LogP) is 1.58. The molecule has 0 aliphatic rings. The molecule has 0 saturated heterocycles. The van der Waals surface area contributed by atoms with Crippen LogP contribution in [0.2, 0.25) is 0 Å². The number of hydrogen-bond acceptors (Lipinski definition) is 2. The van der Waals surface area contributed by atoms with Crippen molar-refractivity contribution in [1.29, 1.82) is 0 Å². The molecule has 2 unspecified atom stereocenters. The van der Waals surface area contributed by atoms with Gasteiger partial charge < -0.3 is 10.1 Å². The lowest BCUT2D eigenvalue weighted by molar-refractivity contribution is 0.0891. The zero-order valence-electron chi connectivity index (χ0n) is 7.76. The van der Waals surface area contributed by atoms with Gasteiger partial charge in [-0.2, -0.15) is 0 Å². The van der Waals surface area contributed by atoms with Crippen LogP contribution in [0.1, 0.15) is 20.3 Å². The molecule has 0 amide bonds. The van der Waals surface area contributed by atoms with Crippen molar-refractivity contribution in [3.05, 3.63) is 12.7 Å². The zero-order chi connectivity index (χ0) is 8.69. The first kappa shape index (κ1) is 10.7.